The second kappa shape index (κ2) is 8.79. The second-order valence-electron chi connectivity index (χ2n) is 6.23. The van der Waals surface area contributed by atoms with Crippen LogP contribution in [0.5, 0.6) is 0 Å². The van der Waals surface area contributed by atoms with E-state index in [1.807, 2.05) is 0 Å². The van der Waals surface area contributed by atoms with E-state index in [9.17, 15) is 18.0 Å². The third kappa shape index (κ3) is 6.19. The van der Waals surface area contributed by atoms with Crippen LogP contribution in [0.1, 0.15) is 36.7 Å². The van der Waals surface area contributed by atoms with Gasteiger partial charge in [0.15, 0.2) is 0 Å². The van der Waals surface area contributed by atoms with Crippen LogP contribution in [0.15, 0.2) is 53.4 Å². The molecule has 0 fully saturated rings. The Morgan fingerprint density at radius 3 is 2.11 bits per heavy atom. The maximum absolute atomic E-state index is 12.3. The smallest absolute Gasteiger partial charge is 0.302 e. The summed E-state index contributed by atoms with van der Waals surface area (Å²) in [6.07, 6.45) is 0. The summed E-state index contributed by atoms with van der Waals surface area (Å²) in [5.41, 5.74) is 1.68. The summed E-state index contributed by atoms with van der Waals surface area (Å²) in [6.45, 7) is 4.96. The van der Waals surface area contributed by atoms with Crippen LogP contribution in [0, 0.1) is 0 Å². The molecule has 0 spiro atoms. The molecule has 0 atom stereocenters. The first-order valence-corrected chi connectivity index (χ1v) is 9.82. The van der Waals surface area contributed by atoms with Crippen LogP contribution < -0.4 is 10.0 Å². The summed E-state index contributed by atoms with van der Waals surface area (Å²) >= 11 is 0. The minimum atomic E-state index is -3.57. The second-order valence-corrected chi connectivity index (χ2v) is 7.95. The summed E-state index contributed by atoms with van der Waals surface area (Å²) in [4.78, 5) is 23.2. The highest BCUT2D eigenvalue weighted by molar-refractivity contribution is 7.89. The molecule has 0 aromatic heterocycles. The van der Waals surface area contributed by atoms with Gasteiger partial charge in [0.2, 0.25) is 10.0 Å². The lowest BCUT2D eigenvalue weighted by molar-refractivity contribution is -0.142. The van der Waals surface area contributed by atoms with Crippen molar-refractivity contribution in [2.75, 3.05) is 5.32 Å². The van der Waals surface area contributed by atoms with Crippen molar-refractivity contribution in [2.24, 2.45) is 0 Å². The van der Waals surface area contributed by atoms with Crippen LogP contribution in [0.25, 0.3) is 0 Å². The van der Waals surface area contributed by atoms with Crippen molar-refractivity contribution in [1.82, 2.24) is 4.72 Å². The normalized spacial score (nSPS) is 11.3. The lowest BCUT2D eigenvalue weighted by Crippen LogP contribution is -2.30. The zero-order valence-electron chi connectivity index (χ0n) is 15.4. The number of anilines is 1. The Labute approximate surface area is 158 Å². The molecule has 0 saturated carbocycles. The van der Waals surface area contributed by atoms with Crippen LogP contribution in [0.3, 0.4) is 0 Å². The van der Waals surface area contributed by atoms with Gasteiger partial charge in [-0.25, -0.2) is 13.1 Å². The molecule has 2 rings (SSSR count). The van der Waals surface area contributed by atoms with Gasteiger partial charge >= 0.3 is 5.97 Å². The molecule has 0 aliphatic carbocycles. The molecular formula is C19H22N2O5S. The Kier molecular flexibility index (Phi) is 6.70. The van der Waals surface area contributed by atoms with Crippen LogP contribution in [-0.4, -0.2) is 26.3 Å². The molecule has 1 amide bonds. The lowest BCUT2D eigenvalue weighted by atomic mass is 10.1. The van der Waals surface area contributed by atoms with Crippen LogP contribution in [-0.2, 0) is 26.2 Å². The van der Waals surface area contributed by atoms with Crippen molar-refractivity contribution in [3.05, 3.63) is 59.7 Å². The van der Waals surface area contributed by atoms with E-state index in [0.717, 1.165) is 5.56 Å². The van der Waals surface area contributed by atoms with E-state index in [-0.39, 0.29) is 29.4 Å². The number of ether oxygens (including phenoxy) is 1. The molecule has 27 heavy (non-hydrogen) atoms. The minimum absolute atomic E-state index is 0.129. The van der Waals surface area contributed by atoms with E-state index in [0.29, 0.717) is 11.3 Å². The Morgan fingerprint density at radius 1 is 1.00 bits per heavy atom. The molecule has 0 aliphatic heterocycles. The average Bonchev–Trinajstić information content (AvgIpc) is 2.59. The largest absolute Gasteiger partial charge is 0.461 e. The van der Waals surface area contributed by atoms with Crippen LogP contribution in [0.2, 0.25) is 0 Å². The van der Waals surface area contributed by atoms with Crippen molar-refractivity contribution in [3.8, 4) is 0 Å². The van der Waals surface area contributed by atoms with E-state index >= 15 is 0 Å². The maximum Gasteiger partial charge on any atom is 0.302 e. The molecule has 0 saturated heterocycles. The number of carbonyl (C=O) groups excluding carboxylic acids is 2. The maximum atomic E-state index is 12.3. The van der Waals surface area contributed by atoms with Crippen molar-refractivity contribution in [3.63, 3.8) is 0 Å². The third-order valence-corrected chi connectivity index (χ3v) is 5.15. The molecule has 0 unspecified atom stereocenters. The molecular weight excluding hydrogens is 368 g/mol. The zero-order valence-corrected chi connectivity index (χ0v) is 16.2. The van der Waals surface area contributed by atoms with Crippen molar-refractivity contribution < 1.29 is 22.7 Å². The first-order chi connectivity index (χ1) is 12.7. The topological polar surface area (TPSA) is 102 Å². The van der Waals surface area contributed by atoms with Gasteiger partial charge in [-0.15, -0.1) is 0 Å². The van der Waals surface area contributed by atoms with E-state index < -0.39 is 10.0 Å². The number of sulfonamides is 1. The predicted molar refractivity (Wildman–Crippen MR) is 102 cm³/mol. The highest BCUT2D eigenvalue weighted by Gasteiger charge is 2.15. The molecule has 2 aromatic carbocycles. The van der Waals surface area contributed by atoms with E-state index in [1.54, 1.807) is 38.1 Å². The SMILES string of the molecule is CC(=O)OCc1ccc(C(=O)Nc2ccc(S(=O)(=O)NC(C)C)cc2)cc1. The zero-order chi connectivity index (χ0) is 20.0. The number of rotatable bonds is 7. The molecule has 0 radical (unpaired) electrons. The number of nitrogens with one attached hydrogen (secondary N) is 2. The van der Waals surface area contributed by atoms with Crippen molar-refractivity contribution in [2.45, 2.75) is 38.3 Å². The molecule has 2 N–H and O–H groups in total. The molecule has 2 aromatic rings. The fourth-order valence-electron chi connectivity index (χ4n) is 2.24. The van der Waals surface area contributed by atoms with Crippen molar-refractivity contribution in [1.29, 1.82) is 0 Å². The number of carbonyl (C=O) groups is 2. The third-order valence-electron chi connectivity index (χ3n) is 3.47. The van der Waals surface area contributed by atoms with E-state index in [4.69, 9.17) is 4.74 Å². The molecule has 0 heterocycles. The summed E-state index contributed by atoms with van der Waals surface area (Å²) in [5.74, 6) is -0.698. The Balaban J connectivity index is 2.02. The Hall–Kier alpha value is -2.71. The van der Waals surface area contributed by atoms with Crippen LogP contribution >= 0.6 is 0 Å². The monoisotopic (exact) mass is 390 g/mol. The van der Waals surface area contributed by atoms with Gasteiger partial charge in [-0.2, -0.15) is 0 Å². The Bertz CT molecular complexity index is 904. The first-order valence-electron chi connectivity index (χ1n) is 8.33. The predicted octanol–water partition coefficient (Wildman–Crippen LogP) is 2.69. The number of benzene rings is 2. The summed E-state index contributed by atoms with van der Waals surface area (Å²) in [7, 11) is -3.57. The molecule has 144 valence electrons. The number of hydrogen-bond acceptors (Lipinski definition) is 5. The van der Waals surface area contributed by atoms with Crippen molar-refractivity contribution >= 4 is 27.6 Å². The molecule has 8 heteroatoms. The number of hydrogen-bond donors (Lipinski definition) is 2. The molecule has 7 nitrogen and oxygen atoms in total. The van der Waals surface area contributed by atoms with Gasteiger partial charge in [-0.3, -0.25) is 9.59 Å². The standard InChI is InChI=1S/C19H22N2O5S/c1-13(2)21-27(24,25)18-10-8-17(9-11-18)20-19(23)16-6-4-15(5-7-16)12-26-14(3)22/h4-11,13,21H,12H2,1-3H3,(H,20,23). The number of esters is 1. The Morgan fingerprint density at radius 2 is 1.59 bits per heavy atom. The van der Waals surface area contributed by atoms with E-state index in [1.165, 1.54) is 31.2 Å². The van der Waals surface area contributed by atoms with Gasteiger partial charge in [0, 0.05) is 24.2 Å². The van der Waals surface area contributed by atoms with Gasteiger partial charge in [0.25, 0.3) is 5.91 Å². The average molecular weight is 390 g/mol. The highest BCUT2D eigenvalue weighted by atomic mass is 32.2. The number of amides is 1. The summed E-state index contributed by atoms with van der Waals surface area (Å²) in [6, 6.07) is 12.4. The summed E-state index contributed by atoms with van der Waals surface area (Å²) in [5, 5.41) is 2.71. The molecule has 0 aliphatic rings. The fourth-order valence-corrected chi connectivity index (χ4v) is 3.49. The minimum Gasteiger partial charge on any atom is -0.461 e. The van der Waals surface area contributed by atoms with Crippen LogP contribution in [0.4, 0.5) is 5.69 Å². The fraction of sp³-hybridized carbons (Fsp3) is 0.263. The first kappa shape index (κ1) is 20.6. The van der Waals surface area contributed by atoms with Gasteiger partial charge in [0.05, 0.1) is 4.90 Å². The molecule has 0 bridgehead atoms. The van der Waals surface area contributed by atoms with Gasteiger partial charge in [-0.05, 0) is 55.8 Å². The lowest BCUT2D eigenvalue weighted by Gasteiger charge is -2.10. The quantitative estimate of drug-likeness (QED) is 0.708. The van der Waals surface area contributed by atoms with E-state index in [2.05, 4.69) is 10.0 Å². The highest BCUT2D eigenvalue weighted by Crippen LogP contribution is 2.16. The van der Waals surface area contributed by atoms with Gasteiger partial charge in [0.1, 0.15) is 6.61 Å². The van der Waals surface area contributed by atoms with Gasteiger partial charge < -0.3 is 10.1 Å². The van der Waals surface area contributed by atoms with Gasteiger partial charge in [-0.1, -0.05) is 12.1 Å². The summed E-state index contributed by atoms with van der Waals surface area (Å²) < 4.78 is 31.6.